The minimum absolute atomic E-state index is 0. The fraction of sp³-hybridized carbons (Fsp3) is 0.909. The summed E-state index contributed by atoms with van der Waals surface area (Å²) in [4.78, 5) is 15.8. The summed E-state index contributed by atoms with van der Waals surface area (Å²) in [6, 6.07) is 0. The smallest absolute Gasteiger partial charge is 0.410 e. The van der Waals surface area contributed by atoms with Crippen molar-refractivity contribution in [2.24, 2.45) is 5.73 Å². The SMILES string of the molecule is CC(C)(C)OC(=O)N1CCN(CCN)CC1.Cl. The van der Waals surface area contributed by atoms with Gasteiger partial charge in [-0.25, -0.2) is 4.79 Å². The molecule has 0 aromatic heterocycles. The molecule has 1 fully saturated rings. The highest BCUT2D eigenvalue weighted by Crippen LogP contribution is 2.11. The summed E-state index contributed by atoms with van der Waals surface area (Å²) in [6.07, 6.45) is -0.208. The third-order valence-corrected chi connectivity index (χ3v) is 2.47. The zero-order valence-electron chi connectivity index (χ0n) is 10.9. The van der Waals surface area contributed by atoms with Crippen molar-refractivity contribution in [2.75, 3.05) is 39.3 Å². The van der Waals surface area contributed by atoms with Crippen LogP contribution in [0.4, 0.5) is 4.79 Å². The minimum Gasteiger partial charge on any atom is -0.444 e. The van der Waals surface area contributed by atoms with Crippen LogP contribution >= 0.6 is 12.4 Å². The summed E-state index contributed by atoms with van der Waals surface area (Å²) in [7, 11) is 0. The summed E-state index contributed by atoms with van der Waals surface area (Å²) in [5, 5.41) is 0. The Hall–Kier alpha value is -0.520. The maximum atomic E-state index is 11.7. The van der Waals surface area contributed by atoms with E-state index in [2.05, 4.69) is 4.90 Å². The maximum absolute atomic E-state index is 11.7. The molecule has 6 heteroatoms. The highest BCUT2D eigenvalue weighted by molar-refractivity contribution is 5.85. The van der Waals surface area contributed by atoms with E-state index in [9.17, 15) is 4.79 Å². The second kappa shape index (κ2) is 7.03. The first-order chi connectivity index (χ1) is 7.42. The van der Waals surface area contributed by atoms with Crippen molar-refractivity contribution in [1.82, 2.24) is 9.80 Å². The van der Waals surface area contributed by atoms with Gasteiger partial charge in [-0.15, -0.1) is 12.4 Å². The molecular weight excluding hydrogens is 242 g/mol. The fourth-order valence-electron chi connectivity index (χ4n) is 1.66. The Morgan fingerprint density at radius 2 is 1.76 bits per heavy atom. The predicted molar refractivity (Wildman–Crippen MR) is 70.5 cm³/mol. The van der Waals surface area contributed by atoms with Gasteiger partial charge in [0.2, 0.25) is 0 Å². The number of rotatable bonds is 2. The minimum atomic E-state index is -0.411. The first-order valence-corrected chi connectivity index (χ1v) is 5.83. The van der Waals surface area contributed by atoms with Crippen molar-refractivity contribution in [1.29, 1.82) is 0 Å². The first kappa shape index (κ1) is 16.5. The maximum Gasteiger partial charge on any atom is 0.410 e. The molecule has 0 spiro atoms. The molecule has 0 aromatic rings. The Kier molecular flexibility index (Phi) is 6.82. The molecule has 0 aromatic carbocycles. The molecule has 2 N–H and O–H groups in total. The Labute approximate surface area is 110 Å². The topological polar surface area (TPSA) is 58.8 Å². The standard InChI is InChI=1S/C11H23N3O2.ClH/c1-11(2,3)16-10(15)14-8-6-13(5-4-12)7-9-14;/h4-9,12H2,1-3H3;1H. The molecule has 1 amide bonds. The van der Waals surface area contributed by atoms with Gasteiger partial charge >= 0.3 is 6.09 Å². The van der Waals surface area contributed by atoms with Crippen molar-refractivity contribution in [3.8, 4) is 0 Å². The van der Waals surface area contributed by atoms with Gasteiger partial charge in [0, 0.05) is 39.3 Å². The van der Waals surface area contributed by atoms with E-state index in [0.717, 1.165) is 32.7 Å². The molecule has 1 aliphatic rings. The largest absolute Gasteiger partial charge is 0.444 e. The van der Waals surface area contributed by atoms with E-state index in [0.29, 0.717) is 6.54 Å². The number of carbonyl (C=O) groups excluding carboxylic acids is 1. The van der Waals surface area contributed by atoms with Gasteiger partial charge in [0.05, 0.1) is 0 Å². The highest BCUT2D eigenvalue weighted by atomic mass is 35.5. The van der Waals surface area contributed by atoms with Crippen molar-refractivity contribution in [2.45, 2.75) is 26.4 Å². The highest BCUT2D eigenvalue weighted by Gasteiger charge is 2.25. The summed E-state index contributed by atoms with van der Waals surface area (Å²) in [6.45, 7) is 10.5. The lowest BCUT2D eigenvalue weighted by Gasteiger charge is -2.35. The Morgan fingerprint density at radius 1 is 1.24 bits per heavy atom. The zero-order chi connectivity index (χ0) is 12.2. The monoisotopic (exact) mass is 265 g/mol. The van der Waals surface area contributed by atoms with Gasteiger partial charge in [-0.3, -0.25) is 4.90 Å². The van der Waals surface area contributed by atoms with Gasteiger partial charge < -0.3 is 15.4 Å². The molecule has 17 heavy (non-hydrogen) atoms. The molecular formula is C11H24ClN3O2. The van der Waals surface area contributed by atoms with Crippen LogP contribution < -0.4 is 5.73 Å². The first-order valence-electron chi connectivity index (χ1n) is 5.83. The van der Waals surface area contributed by atoms with Crippen LogP contribution in [0.5, 0.6) is 0 Å². The normalized spacial score (nSPS) is 17.5. The lowest BCUT2D eigenvalue weighted by molar-refractivity contribution is 0.0148. The number of halogens is 1. The van der Waals surface area contributed by atoms with Gasteiger partial charge in [0.15, 0.2) is 0 Å². The van der Waals surface area contributed by atoms with Crippen LogP contribution in [0.25, 0.3) is 0 Å². The van der Waals surface area contributed by atoms with Gasteiger partial charge in [0.25, 0.3) is 0 Å². The molecule has 1 saturated heterocycles. The van der Waals surface area contributed by atoms with Crippen molar-refractivity contribution >= 4 is 18.5 Å². The van der Waals surface area contributed by atoms with E-state index < -0.39 is 5.60 Å². The number of amides is 1. The molecule has 0 bridgehead atoms. The summed E-state index contributed by atoms with van der Waals surface area (Å²) in [5.74, 6) is 0. The predicted octanol–water partition coefficient (Wildman–Crippen LogP) is 0.920. The summed E-state index contributed by atoms with van der Waals surface area (Å²) >= 11 is 0. The Bertz CT molecular complexity index is 235. The van der Waals surface area contributed by atoms with E-state index in [4.69, 9.17) is 10.5 Å². The number of hydrogen-bond donors (Lipinski definition) is 1. The lowest BCUT2D eigenvalue weighted by Crippen LogP contribution is -2.50. The Morgan fingerprint density at radius 3 is 2.18 bits per heavy atom. The Balaban J connectivity index is 0.00000256. The quantitative estimate of drug-likeness (QED) is 0.807. The van der Waals surface area contributed by atoms with Crippen LogP contribution in [0.1, 0.15) is 20.8 Å². The lowest BCUT2D eigenvalue weighted by atomic mass is 10.2. The van der Waals surface area contributed by atoms with Gasteiger partial charge in [0.1, 0.15) is 5.60 Å². The third-order valence-electron chi connectivity index (χ3n) is 2.47. The van der Waals surface area contributed by atoms with E-state index in [-0.39, 0.29) is 18.5 Å². The zero-order valence-corrected chi connectivity index (χ0v) is 11.8. The van der Waals surface area contributed by atoms with Gasteiger partial charge in [-0.1, -0.05) is 0 Å². The average molecular weight is 266 g/mol. The molecule has 0 aliphatic carbocycles. The van der Waals surface area contributed by atoms with E-state index >= 15 is 0 Å². The van der Waals surface area contributed by atoms with Gasteiger partial charge in [-0.05, 0) is 20.8 Å². The molecule has 102 valence electrons. The second-order valence-electron chi connectivity index (χ2n) is 5.10. The molecule has 1 heterocycles. The van der Waals surface area contributed by atoms with Crippen LogP contribution in [0.3, 0.4) is 0 Å². The van der Waals surface area contributed by atoms with Crippen LogP contribution in [0, 0.1) is 0 Å². The molecule has 0 unspecified atom stereocenters. The van der Waals surface area contributed by atoms with Crippen molar-refractivity contribution in [3.63, 3.8) is 0 Å². The average Bonchev–Trinajstić information content (AvgIpc) is 2.16. The van der Waals surface area contributed by atoms with Gasteiger partial charge in [-0.2, -0.15) is 0 Å². The number of piperazine rings is 1. The summed E-state index contributed by atoms with van der Waals surface area (Å²) in [5.41, 5.74) is 5.08. The van der Waals surface area contributed by atoms with Crippen LogP contribution in [-0.2, 0) is 4.74 Å². The summed E-state index contributed by atoms with van der Waals surface area (Å²) < 4.78 is 5.32. The number of nitrogens with two attached hydrogens (primary N) is 1. The van der Waals surface area contributed by atoms with Crippen LogP contribution in [0.15, 0.2) is 0 Å². The number of ether oxygens (including phenoxy) is 1. The molecule has 0 saturated carbocycles. The van der Waals surface area contributed by atoms with Crippen LogP contribution in [0.2, 0.25) is 0 Å². The molecule has 5 nitrogen and oxygen atoms in total. The fourth-order valence-corrected chi connectivity index (χ4v) is 1.66. The molecule has 0 atom stereocenters. The third kappa shape index (κ3) is 6.10. The van der Waals surface area contributed by atoms with Crippen molar-refractivity contribution in [3.05, 3.63) is 0 Å². The van der Waals surface area contributed by atoms with E-state index in [1.54, 1.807) is 4.90 Å². The van der Waals surface area contributed by atoms with Crippen molar-refractivity contribution < 1.29 is 9.53 Å². The van der Waals surface area contributed by atoms with Crippen LogP contribution in [-0.4, -0.2) is 60.8 Å². The number of hydrogen-bond acceptors (Lipinski definition) is 4. The molecule has 1 rings (SSSR count). The molecule has 1 aliphatic heterocycles. The van der Waals surface area contributed by atoms with E-state index in [1.165, 1.54) is 0 Å². The van der Waals surface area contributed by atoms with E-state index in [1.807, 2.05) is 20.8 Å². The molecule has 0 radical (unpaired) electrons. The number of carbonyl (C=O) groups is 1. The second-order valence-corrected chi connectivity index (χ2v) is 5.10. The number of nitrogens with zero attached hydrogens (tertiary/aromatic N) is 2.